The summed E-state index contributed by atoms with van der Waals surface area (Å²) in [6.45, 7) is 0. The lowest BCUT2D eigenvalue weighted by Gasteiger charge is -2.05. The summed E-state index contributed by atoms with van der Waals surface area (Å²) in [5, 5.41) is 10.8. The molecule has 1 aromatic heterocycles. The Morgan fingerprint density at radius 2 is 1.89 bits per heavy atom. The van der Waals surface area contributed by atoms with Gasteiger partial charge < -0.3 is 10.5 Å². The Morgan fingerprint density at radius 3 is 2.50 bits per heavy atom. The maximum absolute atomic E-state index is 12.7. The van der Waals surface area contributed by atoms with Gasteiger partial charge in [-0.25, -0.2) is 4.39 Å². The van der Waals surface area contributed by atoms with E-state index < -0.39 is 10.7 Å². The van der Waals surface area contributed by atoms with Crippen molar-refractivity contribution in [2.24, 2.45) is 0 Å². The van der Waals surface area contributed by atoms with Gasteiger partial charge in [0.25, 0.3) is 0 Å². The third kappa shape index (κ3) is 2.51. The molecule has 0 saturated heterocycles. The molecular weight excluding hydrogens is 241 g/mol. The van der Waals surface area contributed by atoms with E-state index in [4.69, 9.17) is 10.5 Å². The van der Waals surface area contributed by atoms with E-state index in [1.54, 1.807) is 0 Å². The number of benzene rings is 1. The van der Waals surface area contributed by atoms with Gasteiger partial charge in [0, 0.05) is 6.07 Å². The van der Waals surface area contributed by atoms with Crippen molar-refractivity contribution in [1.29, 1.82) is 0 Å². The lowest BCUT2D eigenvalue weighted by molar-refractivity contribution is -0.386. The second-order valence-corrected chi connectivity index (χ2v) is 3.37. The molecule has 0 radical (unpaired) electrons. The summed E-state index contributed by atoms with van der Waals surface area (Å²) in [5.74, 6) is -0.334. The van der Waals surface area contributed by atoms with Crippen LogP contribution in [0.15, 0.2) is 36.4 Å². The van der Waals surface area contributed by atoms with Crippen molar-refractivity contribution >= 4 is 11.5 Å². The topological polar surface area (TPSA) is 91.3 Å². The summed E-state index contributed by atoms with van der Waals surface area (Å²) in [6, 6.07) is 7.52. The van der Waals surface area contributed by atoms with Gasteiger partial charge in [-0.2, -0.15) is 4.98 Å². The summed E-state index contributed by atoms with van der Waals surface area (Å²) in [4.78, 5) is 13.9. The molecule has 0 atom stereocenters. The maximum atomic E-state index is 12.7. The van der Waals surface area contributed by atoms with Gasteiger partial charge >= 0.3 is 11.6 Å². The monoisotopic (exact) mass is 249 g/mol. The zero-order valence-corrected chi connectivity index (χ0v) is 9.04. The molecule has 2 N–H and O–H groups in total. The zero-order valence-electron chi connectivity index (χ0n) is 9.04. The molecular formula is C11H8FN3O3. The summed E-state index contributed by atoms with van der Waals surface area (Å²) in [6.07, 6.45) is 0. The number of rotatable bonds is 3. The minimum Gasteiger partial charge on any atom is -0.434 e. The normalized spacial score (nSPS) is 10.1. The molecule has 7 heteroatoms. The Balaban J connectivity index is 2.35. The fraction of sp³-hybridized carbons (Fsp3) is 0. The van der Waals surface area contributed by atoms with Gasteiger partial charge in [-0.15, -0.1) is 0 Å². The number of nitro groups is 1. The van der Waals surface area contributed by atoms with Crippen LogP contribution in [-0.4, -0.2) is 9.91 Å². The van der Waals surface area contributed by atoms with E-state index in [0.717, 1.165) is 0 Å². The third-order valence-electron chi connectivity index (χ3n) is 2.09. The number of hydrogen-bond acceptors (Lipinski definition) is 5. The molecule has 2 rings (SSSR count). The van der Waals surface area contributed by atoms with Crippen LogP contribution in [0.3, 0.4) is 0 Å². The van der Waals surface area contributed by atoms with E-state index in [1.807, 2.05) is 0 Å². The molecule has 0 saturated carbocycles. The first-order valence-corrected chi connectivity index (χ1v) is 4.90. The number of halogens is 1. The number of ether oxygens (including phenoxy) is 1. The van der Waals surface area contributed by atoms with Gasteiger partial charge in [0.05, 0.1) is 4.92 Å². The van der Waals surface area contributed by atoms with Crippen LogP contribution in [0, 0.1) is 15.9 Å². The standard InChI is InChI=1S/C11H8FN3O3/c12-7-1-3-8(4-2-7)18-11-9(15(16)17)5-6-10(13)14-11/h1-6H,(H2,13,14). The molecule has 92 valence electrons. The Hall–Kier alpha value is -2.70. The molecule has 0 spiro atoms. The average molecular weight is 249 g/mol. The van der Waals surface area contributed by atoms with E-state index in [9.17, 15) is 14.5 Å². The fourth-order valence-electron chi connectivity index (χ4n) is 1.28. The van der Waals surface area contributed by atoms with E-state index in [1.165, 1.54) is 36.4 Å². The van der Waals surface area contributed by atoms with Crippen molar-refractivity contribution in [1.82, 2.24) is 4.98 Å². The maximum Gasteiger partial charge on any atom is 0.331 e. The first-order chi connectivity index (χ1) is 8.56. The zero-order chi connectivity index (χ0) is 13.1. The molecule has 2 aromatic rings. The highest BCUT2D eigenvalue weighted by atomic mass is 19.1. The van der Waals surface area contributed by atoms with Gasteiger partial charge in [0.15, 0.2) is 0 Å². The lowest BCUT2D eigenvalue weighted by atomic mass is 10.3. The van der Waals surface area contributed by atoms with Gasteiger partial charge in [0.1, 0.15) is 17.4 Å². The summed E-state index contributed by atoms with van der Waals surface area (Å²) in [5.41, 5.74) is 5.12. The molecule has 18 heavy (non-hydrogen) atoms. The number of pyridine rings is 1. The Bertz CT molecular complexity index is 587. The number of aromatic nitrogens is 1. The number of nitrogens with zero attached hydrogens (tertiary/aromatic N) is 2. The minimum absolute atomic E-state index is 0.0951. The predicted molar refractivity (Wildman–Crippen MR) is 61.8 cm³/mol. The van der Waals surface area contributed by atoms with Crippen molar-refractivity contribution in [3.05, 3.63) is 52.3 Å². The van der Waals surface area contributed by atoms with E-state index in [0.29, 0.717) is 0 Å². The van der Waals surface area contributed by atoms with Gasteiger partial charge in [-0.1, -0.05) is 0 Å². The van der Waals surface area contributed by atoms with Crippen LogP contribution in [0.25, 0.3) is 0 Å². The molecule has 0 aliphatic rings. The van der Waals surface area contributed by atoms with Crippen molar-refractivity contribution in [2.45, 2.75) is 0 Å². The first kappa shape index (κ1) is 11.8. The van der Waals surface area contributed by atoms with Crippen LogP contribution in [0.2, 0.25) is 0 Å². The van der Waals surface area contributed by atoms with Crippen molar-refractivity contribution in [3.8, 4) is 11.6 Å². The largest absolute Gasteiger partial charge is 0.434 e. The van der Waals surface area contributed by atoms with Crippen molar-refractivity contribution < 1.29 is 14.1 Å². The molecule has 0 aliphatic carbocycles. The van der Waals surface area contributed by atoms with Crippen LogP contribution >= 0.6 is 0 Å². The third-order valence-corrected chi connectivity index (χ3v) is 2.09. The second kappa shape index (κ2) is 4.66. The molecule has 0 bridgehead atoms. The quantitative estimate of drug-likeness (QED) is 0.666. The SMILES string of the molecule is Nc1ccc([N+](=O)[O-])c(Oc2ccc(F)cc2)n1. The van der Waals surface area contributed by atoms with E-state index >= 15 is 0 Å². The Kier molecular flexibility index (Phi) is 3.05. The second-order valence-electron chi connectivity index (χ2n) is 3.37. The molecule has 0 aliphatic heterocycles. The van der Waals surface area contributed by atoms with Crippen LogP contribution in [-0.2, 0) is 0 Å². The highest BCUT2D eigenvalue weighted by Crippen LogP contribution is 2.29. The van der Waals surface area contributed by atoms with Gasteiger partial charge in [0.2, 0.25) is 0 Å². The van der Waals surface area contributed by atoms with Crippen LogP contribution in [0.4, 0.5) is 15.9 Å². The van der Waals surface area contributed by atoms with Crippen LogP contribution in [0.1, 0.15) is 0 Å². The molecule has 0 fully saturated rings. The number of nitrogens with two attached hydrogens (primary N) is 1. The highest BCUT2D eigenvalue weighted by Gasteiger charge is 2.17. The van der Waals surface area contributed by atoms with Crippen molar-refractivity contribution in [2.75, 3.05) is 5.73 Å². The van der Waals surface area contributed by atoms with Gasteiger partial charge in [-0.05, 0) is 30.3 Å². The fourth-order valence-corrected chi connectivity index (χ4v) is 1.28. The molecule has 1 aromatic carbocycles. The Morgan fingerprint density at radius 1 is 1.22 bits per heavy atom. The number of anilines is 1. The number of hydrogen-bond donors (Lipinski definition) is 1. The van der Waals surface area contributed by atoms with E-state index in [2.05, 4.69) is 4.98 Å². The summed E-state index contributed by atoms with van der Waals surface area (Å²) >= 11 is 0. The van der Waals surface area contributed by atoms with E-state index in [-0.39, 0.29) is 23.1 Å². The summed E-state index contributed by atoms with van der Waals surface area (Å²) < 4.78 is 17.9. The van der Waals surface area contributed by atoms with Crippen LogP contribution < -0.4 is 10.5 Å². The molecule has 1 heterocycles. The average Bonchev–Trinajstić information content (AvgIpc) is 2.32. The highest BCUT2D eigenvalue weighted by molar-refractivity contribution is 5.48. The van der Waals surface area contributed by atoms with Crippen LogP contribution in [0.5, 0.6) is 11.6 Å². The molecule has 0 amide bonds. The summed E-state index contributed by atoms with van der Waals surface area (Å²) in [7, 11) is 0. The first-order valence-electron chi connectivity index (χ1n) is 4.90. The molecule has 0 unspecified atom stereocenters. The predicted octanol–water partition coefficient (Wildman–Crippen LogP) is 2.50. The minimum atomic E-state index is -0.634. The van der Waals surface area contributed by atoms with Crippen molar-refractivity contribution in [3.63, 3.8) is 0 Å². The van der Waals surface area contributed by atoms with Gasteiger partial charge in [-0.3, -0.25) is 10.1 Å². The lowest BCUT2D eigenvalue weighted by Crippen LogP contribution is -1.98. The smallest absolute Gasteiger partial charge is 0.331 e. The molecule has 6 nitrogen and oxygen atoms in total. The Labute approximate surface area is 101 Å². The number of nitrogen functional groups attached to an aromatic ring is 1.